The number of esters is 3. The van der Waals surface area contributed by atoms with Gasteiger partial charge < -0.3 is 14.2 Å². The van der Waals surface area contributed by atoms with E-state index in [9.17, 15) is 14.4 Å². The highest BCUT2D eigenvalue weighted by molar-refractivity contribution is 5.71. The molecule has 0 fully saturated rings. The number of rotatable bonds is 57. The summed E-state index contributed by atoms with van der Waals surface area (Å²) < 4.78 is 16.9. The first-order valence-electron chi connectivity index (χ1n) is 32.2. The van der Waals surface area contributed by atoms with Gasteiger partial charge in [0.1, 0.15) is 13.2 Å². The zero-order chi connectivity index (χ0) is 56.4. The van der Waals surface area contributed by atoms with Crippen LogP contribution >= 0.6 is 0 Å². The lowest BCUT2D eigenvalue weighted by atomic mass is 10.1. The zero-order valence-electron chi connectivity index (χ0n) is 50.6. The fourth-order valence-corrected chi connectivity index (χ4v) is 8.61. The number of carbonyl (C=O) groups excluding carboxylic acids is 3. The Kier molecular flexibility index (Phi) is 61.4. The molecule has 1 unspecified atom stereocenters. The van der Waals surface area contributed by atoms with Gasteiger partial charge in [-0.2, -0.15) is 0 Å². The van der Waals surface area contributed by atoms with E-state index in [1.807, 2.05) is 0 Å². The van der Waals surface area contributed by atoms with Gasteiger partial charge >= 0.3 is 17.9 Å². The van der Waals surface area contributed by atoms with E-state index < -0.39 is 6.10 Å². The van der Waals surface area contributed by atoms with Gasteiger partial charge in [0.05, 0.1) is 0 Å². The molecule has 0 spiro atoms. The van der Waals surface area contributed by atoms with Crippen LogP contribution in [0.5, 0.6) is 0 Å². The highest BCUT2D eigenvalue weighted by atomic mass is 16.6. The van der Waals surface area contributed by atoms with Crippen molar-refractivity contribution in [1.29, 1.82) is 0 Å². The highest BCUT2D eigenvalue weighted by Gasteiger charge is 2.19. The molecule has 0 aliphatic carbocycles. The van der Waals surface area contributed by atoms with Gasteiger partial charge in [0.25, 0.3) is 0 Å². The maximum atomic E-state index is 12.9. The fourth-order valence-electron chi connectivity index (χ4n) is 8.61. The summed E-state index contributed by atoms with van der Waals surface area (Å²) in [6.45, 7) is 6.38. The molecule has 0 rings (SSSR count). The van der Waals surface area contributed by atoms with Crippen LogP contribution in [0.2, 0.25) is 0 Å². The summed E-state index contributed by atoms with van der Waals surface area (Å²) in [5.74, 6) is -0.914. The molecule has 0 N–H and O–H groups in total. The Balaban J connectivity index is 4.35. The molecule has 0 saturated carbocycles. The number of unbranched alkanes of at least 4 members (excludes halogenated alkanes) is 24. The van der Waals surface area contributed by atoms with Crippen LogP contribution in [0, 0.1) is 0 Å². The van der Waals surface area contributed by atoms with Crippen LogP contribution in [-0.4, -0.2) is 37.2 Å². The van der Waals surface area contributed by atoms with E-state index in [0.717, 1.165) is 141 Å². The SMILES string of the molecule is CC/C=C\C/C=C\C/C=C\C/C=C\C/C=C\C/C=C\CCCCCCCCCCC(=O)OCC(COC(=O)CCCCCCC/C=C\CCCCC)OC(=O)CCCCCCCCCC/C=C\C/C=C\C/C=C\C/C=C\CC. The van der Waals surface area contributed by atoms with Crippen LogP contribution in [-0.2, 0) is 28.6 Å². The Morgan fingerprint density at radius 3 is 0.795 bits per heavy atom. The predicted octanol–water partition coefficient (Wildman–Crippen LogP) is 22.2. The third kappa shape index (κ3) is 62.4. The summed E-state index contributed by atoms with van der Waals surface area (Å²) in [7, 11) is 0. The molecule has 0 amide bonds. The van der Waals surface area contributed by atoms with Crippen LogP contribution in [0.1, 0.15) is 284 Å². The lowest BCUT2D eigenvalue weighted by molar-refractivity contribution is -0.167. The van der Waals surface area contributed by atoms with E-state index in [1.165, 1.54) is 103 Å². The largest absolute Gasteiger partial charge is 0.462 e. The van der Waals surface area contributed by atoms with Gasteiger partial charge in [-0.25, -0.2) is 0 Å². The summed E-state index contributed by atoms with van der Waals surface area (Å²) in [5, 5.41) is 0. The normalized spacial score (nSPS) is 13.0. The molecule has 0 aromatic heterocycles. The van der Waals surface area contributed by atoms with Crippen LogP contribution in [0.25, 0.3) is 0 Å². The van der Waals surface area contributed by atoms with Crippen molar-refractivity contribution in [2.24, 2.45) is 0 Å². The third-order valence-corrected chi connectivity index (χ3v) is 13.4. The molecule has 0 aromatic rings. The lowest BCUT2D eigenvalue weighted by Crippen LogP contribution is -2.30. The second-order valence-corrected chi connectivity index (χ2v) is 20.9. The maximum absolute atomic E-state index is 12.9. The quantitative estimate of drug-likeness (QED) is 0.0261. The van der Waals surface area contributed by atoms with Gasteiger partial charge in [0, 0.05) is 19.3 Å². The molecule has 442 valence electrons. The van der Waals surface area contributed by atoms with E-state index in [0.29, 0.717) is 19.3 Å². The lowest BCUT2D eigenvalue weighted by Gasteiger charge is -2.18. The number of carbonyl (C=O) groups is 3. The van der Waals surface area contributed by atoms with Gasteiger partial charge in [-0.3, -0.25) is 14.4 Å². The van der Waals surface area contributed by atoms with Crippen LogP contribution in [0.15, 0.2) is 134 Å². The summed E-state index contributed by atoms with van der Waals surface area (Å²) in [6, 6.07) is 0. The van der Waals surface area contributed by atoms with Crippen LogP contribution in [0.3, 0.4) is 0 Å². The van der Waals surface area contributed by atoms with Crippen LogP contribution < -0.4 is 0 Å². The first kappa shape index (κ1) is 73.5. The Morgan fingerprint density at radius 2 is 0.500 bits per heavy atom. The summed E-state index contributed by atoms with van der Waals surface area (Å²) in [5.41, 5.74) is 0. The number of hydrogen-bond acceptors (Lipinski definition) is 6. The minimum absolute atomic E-state index is 0.0912. The van der Waals surface area contributed by atoms with E-state index in [4.69, 9.17) is 14.2 Å². The van der Waals surface area contributed by atoms with Crippen molar-refractivity contribution >= 4 is 17.9 Å². The predicted molar refractivity (Wildman–Crippen MR) is 339 cm³/mol. The molecule has 0 radical (unpaired) electrons. The second-order valence-electron chi connectivity index (χ2n) is 20.9. The molecule has 6 nitrogen and oxygen atoms in total. The Bertz CT molecular complexity index is 1670. The third-order valence-electron chi connectivity index (χ3n) is 13.4. The Labute approximate surface area is 481 Å². The highest BCUT2D eigenvalue weighted by Crippen LogP contribution is 2.15. The average molecular weight is 1080 g/mol. The average Bonchev–Trinajstić information content (AvgIpc) is 3.44. The number of allylic oxidation sites excluding steroid dienone is 22. The molecule has 1 atom stereocenters. The van der Waals surface area contributed by atoms with E-state index in [-0.39, 0.29) is 31.1 Å². The molecule has 0 aliphatic heterocycles. The standard InChI is InChI=1S/C72H118O6/c1-4-7-10-13-16-19-22-25-27-29-31-33-34-35-36-37-38-40-41-43-45-47-50-53-56-59-62-65-71(74)77-68-69(67-76-70(73)64-61-58-55-52-49-24-21-18-15-12-9-6-3)78-72(75)66-63-60-57-54-51-48-46-44-42-39-32-30-28-26-23-20-17-14-11-8-5-2/h7-8,10-11,16-21,25-28,31-33,35-36,38-40,69H,4-6,9,12-15,22-24,29-30,34,37,41-68H2,1-3H3/b10-7-,11-8-,19-16-,20-17-,21-18-,27-25-,28-26-,33-31-,36-35-,39-32-,40-38-. The monoisotopic (exact) mass is 1080 g/mol. The molecule has 0 aliphatic rings. The molecular formula is C72H118O6. The molecular weight excluding hydrogens is 961 g/mol. The maximum Gasteiger partial charge on any atom is 0.306 e. The first-order valence-corrected chi connectivity index (χ1v) is 32.2. The summed E-state index contributed by atoms with van der Waals surface area (Å²) in [4.78, 5) is 38.3. The van der Waals surface area contributed by atoms with Crippen molar-refractivity contribution in [1.82, 2.24) is 0 Å². The smallest absolute Gasteiger partial charge is 0.306 e. The van der Waals surface area contributed by atoms with E-state index >= 15 is 0 Å². The Morgan fingerprint density at radius 1 is 0.269 bits per heavy atom. The molecule has 6 heteroatoms. The summed E-state index contributed by atoms with van der Waals surface area (Å²) in [6.07, 6.45) is 91.7. The van der Waals surface area contributed by atoms with Gasteiger partial charge in [-0.15, -0.1) is 0 Å². The van der Waals surface area contributed by atoms with Crippen molar-refractivity contribution < 1.29 is 28.6 Å². The van der Waals surface area contributed by atoms with E-state index in [2.05, 4.69) is 154 Å². The molecule has 0 heterocycles. The van der Waals surface area contributed by atoms with E-state index in [1.54, 1.807) is 0 Å². The molecule has 78 heavy (non-hydrogen) atoms. The number of ether oxygens (including phenoxy) is 3. The van der Waals surface area contributed by atoms with Crippen LogP contribution in [0.4, 0.5) is 0 Å². The molecule has 0 bridgehead atoms. The van der Waals surface area contributed by atoms with Crippen molar-refractivity contribution in [3.8, 4) is 0 Å². The molecule has 0 aromatic carbocycles. The van der Waals surface area contributed by atoms with Gasteiger partial charge in [-0.1, -0.05) is 264 Å². The minimum atomic E-state index is -0.795. The first-order chi connectivity index (χ1) is 38.5. The van der Waals surface area contributed by atoms with Gasteiger partial charge in [-0.05, 0) is 135 Å². The molecule has 0 saturated heterocycles. The topological polar surface area (TPSA) is 78.9 Å². The zero-order valence-corrected chi connectivity index (χ0v) is 50.6. The fraction of sp³-hybridized carbons (Fsp3) is 0.653. The van der Waals surface area contributed by atoms with Gasteiger partial charge in [0.15, 0.2) is 6.10 Å². The number of hydrogen-bond donors (Lipinski definition) is 0. The second kappa shape index (κ2) is 65.1. The van der Waals surface area contributed by atoms with Crippen molar-refractivity contribution in [3.63, 3.8) is 0 Å². The van der Waals surface area contributed by atoms with Crippen molar-refractivity contribution in [2.75, 3.05) is 13.2 Å². The van der Waals surface area contributed by atoms with Gasteiger partial charge in [0.2, 0.25) is 0 Å². The van der Waals surface area contributed by atoms with Crippen molar-refractivity contribution in [2.45, 2.75) is 290 Å². The Hall–Kier alpha value is -4.45. The van der Waals surface area contributed by atoms with Crippen molar-refractivity contribution in [3.05, 3.63) is 134 Å². The summed E-state index contributed by atoms with van der Waals surface area (Å²) >= 11 is 0. The minimum Gasteiger partial charge on any atom is -0.462 e.